The molecule has 4 heterocycles. The summed E-state index contributed by atoms with van der Waals surface area (Å²) in [7, 11) is 0. The van der Waals surface area contributed by atoms with Crippen LogP contribution in [0.1, 0.15) is 32.0 Å². The number of nitrogens with one attached hydrogen (secondary N) is 1. The SMILES string of the molecule is Cc1[nH]c(-n2c3ccc(C(C)(C)C)cc3c3ccc(-c4cccc(-c5ccccn5)c4)nc32)c2ccccc12. The van der Waals surface area contributed by atoms with Gasteiger partial charge in [-0.25, -0.2) is 4.98 Å². The van der Waals surface area contributed by atoms with Crippen molar-refractivity contribution < 1.29 is 0 Å². The number of H-pyrrole nitrogens is 1. The molecule has 0 fully saturated rings. The summed E-state index contributed by atoms with van der Waals surface area (Å²) in [5, 5.41) is 4.79. The van der Waals surface area contributed by atoms with Crippen LogP contribution in [0.2, 0.25) is 0 Å². The lowest BCUT2D eigenvalue weighted by Gasteiger charge is -2.19. The van der Waals surface area contributed by atoms with E-state index in [2.05, 4.69) is 121 Å². The van der Waals surface area contributed by atoms with Crippen LogP contribution in [0.5, 0.6) is 0 Å². The van der Waals surface area contributed by atoms with E-state index in [0.29, 0.717) is 0 Å². The normalized spacial score (nSPS) is 12.1. The van der Waals surface area contributed by atoms with Crippen molar-refractivity contribution in [3.63, 3.8) is 0 Å². The fraction of sp³-hybridized carbons (Fsp3) is 0.143. The third-order valence-corrected chi connectivity index (χ3v) is 7.72. The Kier molecular flexibility index (Phi) is 5.21. The Labute approximate surface area is 228 Å². The maximum atomic E-state index is 5.32. The third kappa shape index (κ3) is 3.83. The average molecular weight is 507 g/mol. The van der Waals surface area contributed by atoms with Crippen LogP contribution in [0.15, 0.2) is 103 Å². The molecule has 7 rings (SSSR count). The van der Waals surface area contributed by atoms with Crippen molar-refractivity contribution in [3.05, 3.63) is 115 Å². The molecule has 0 unspecified atom stereocenters. The fourth-order valence-corrected chi connectivity index (χ4v) is 5.62. The molecular formula is C35H30N4. The molecule has 1 N–H and O–H groups in total. The molecule has 0 saturated carbocycles. The maximum absolute atomic E-state index is 5.32. The van der Waals surface area contributed by atoms with Crippen molar-refractivity contribution in [2.45, 2.75) is 33.1 Å². The van der Waals surface area contributed by atoms with E-state index in [1.807, 2.05) is 24.4 Å². The summed E-state index contributed by atoms with van der Waals surface area (Å²) in [5.74, 6) is 1.05. The second-order valence-corrected chi connectivity index (χ2v) is 11.3. The molecule has 0 radical (unpaired) electrons. The van der Waals surface area contributed by atoms with Crippen LogP contribution < -0.4 is 0 Å². The highest BCUT2D eigenvalue weighted by Crippen LogP contribution is 2.38. The first-order chi connectivity index (χ1) is 18.9. The summed E-state index contributed by atoms with van der Waals surface area (Å²) in [4.78, 5) is 13.6. The van der Waals surface area contributed by atoms with Gasteiger partial charge in [-0.15, -0.1) is 0 Å². The van der Waals surface area contributed by atoms with Crippen LogP contribution in [0, 0.1) is 6.92 Å². The van der Waals surface area contributed by atoms with E-state index < -0.39 is 0 Å². The topological polar surface area (TPSA) is 46.5 Å². The predicted octanol–water partition coefficient (Wildman–Crippen LogP) is 8.99. The third-order valence-electron chi connectivity index (χ3n) is 7.72. The van der Waals surface area contributed by atoms with E-state index in [1.54, 1.807) is 0 Å². The number of aromatic amines is 1. The van der Waals surface area contributed by atoms with Gasteiger partial charge in [-0.3, -0.25) is 9.55 Å². The summed E-state index contributed by atoms with van der Waals surface area (Å²) >= 11 is 0. The largest absolute Gasteiger partial charge is 0.344 e. The van der Waals surface area contributed by atoms with Crippen LogP contribution in [0.25, 0.3) is 61.0 Å². The zero-order chi connectivity index (χ0) is 26.7. The number of fused-ring (bicyclic) bond motifs is 4. The van der Waals surface area contributed by atoms with Crippen LogP contribution >= 0.6 is 0 Å². The molecule has 39 heavy (non-hydrogen) atoms. The van der Waals surface area contributed by atoms with Gasteiger partial charge in [0.25, 0.3) is 0 Å². The number of aromatic nitrogens is 4. The second-order valence-electron chi connectivity index (χ2n) is 11.3. The summed E-state index contributed by atoms with van der Waals surface area (Å²) in [6.45, 7) is 8.93. The van der Waals surface area contributed by atoms with Gasteiger partial charge >= 0.3 is 0 Å². The second kappa shape index (κ2) is 8.67. The van der Waals surface area contributed by atoms with E-state index in [1.165, 1.54) is 21.7 Å². The van der Waals surface area contributed by atoms with E-state index in [9.17, 15) is 0 Å². The van der Waals surface area contributed by atoms with E-state index >= 15 is 0 Å². The zero-order valence-corrected chi connectivity index (χ0v) is 22.7. The Hall–Kier alpha value is -4.70. The summed E-state index contributed by atoms with van der Waals surface area (Å²) in [5.41, 5.74) is 8.66. The van der Waals surface area contributed by atoms with Crippen LogP contribution in [0.3, 0.4) is 0 Å². The van der Waals surface area contributed by atoms with Crippen molar-refractivity contribution >= 4 is 32.7 Å². The molecule has 4 aromatic heterocycles. The van der Waals surface area contributed by atoms with Crippen molar-refractivity contribution in [2.24, 2.45) is 0 Å². The first kappa shape index (κ1) is 23.4. The smallest absolute Gasteiger partial charge is 0.147 e. The van der Waals surface area contributed by atoms with Crippen LogP contribution in [-0.2, 0) is 5.41 Å². The van der Waals surface area contributed by atoms with Gasteiger partial charge in [0.2, 0.25) is 0 Å². The maximum Gasteiger partial charge on any atom is 0.147 e. The standard InChI is InChI=1S/C35H30N4/c1-22-26-12-5-6-13-27(26)33(37-22)39-32-18-15-25(35(2,3)4)21-29(32)28-16-17-31(38-34(28)39)24-11-9-10-23(20-24)30-14-7-8-19-36-30/h5-21,37H,1-4H3. The van der Waals surface area contributed by atoms with E-state index in [0.717, 1.165) is 50.6 Å². The Balaban J connectivity index is 1.51. The number of rotatable bonds is 3. The summed E-state index contributed by atoms with van der Waals surface area (Å²) < 4.78 is 2.30. The Bertz CT molecular complexity index is 2000. The lowest BCUT2D eigenvalue weighted by molar-refractivity contribution is 0.591. The van der Waals surface area contributed by atoms with Crippen molar-refractivity contribution in [1.82, 2.24) is 19.5 Å². The highest BCUT2D eigenvalue weighted by molar-refractivity contribution is 6.10. The number of nitrogens with zero attached hydrogens (tertiary/aromatic N) is 3. The minimum atomic E-state index is 0.0532. The molecular weight excluding hydrogens is 476 g/mol. The molecule has 4 nitrogen and oxygen atoms in total. The van der Waals surface area contributed by atoms with Crippen molar-refractivity contribution in [1.29, 1.82) is 0 Å². The predicted molar refractivity (Wildman–Crippen MR) is 163 cm³/mol. The Morgan fingerprint density at radius 1 is 0.667 bits per heavy atom. The van der Waals surface area contributed by atoms with Gasteiger partial charge in [0.15, 0.2) is 0 Å². The Morgan fingerprint density at radius 2 is 1.44 bits per heavy atom. The quantitative estimate of drug-likeness (QED) is 0.260. The molecule has 0 aliphatic heterocycles. The number of hydrogen-bond acceptors (Lipinski definition) is 2. The molecule has 0 atom stereocenters. The molecule has 0 spiro atoms. The monoisotopic (exact) mass is 506 g/mol. The summed E-state index contributed by atoms with van der Waals surface area (Å²) in [6.07, 6.45) is 1.83. The first-order valence-electron chi connectivity index (χ1n) is 13.4. The minimum Gasteiger partial charge on any atom is -0.344 e. The van der Waals surface area contributed by atoms with Gasteiger partial charge in [-0.1, -0.05) is 75.4 Å². The molecule has 7 aromatic rings. The van der Waals surface area contributed by atoms with Crippen LogP contribution in [0.4, 0.5) is 0 Å². The van der Waals surface area contributed by atoms with Crippen molar-refractivity contribution in [2.75, 3.05) is 0 Å². The highest BCUT2D eigenvalue weighted by atomic mass is 15.1. The molecule has 190 valence electrons. The van der Waals surface area contributed by atoms with Gasteiger partial charge in [0.05, 0.1) is 16.9 Å². The number of hydrogen-bond donors (Lipinski definition) is 1. The molecule has 4 heteroatoms. The molecule has 3 aromatic carbocycles. The average Bonchev–Trinajstić information content (AvgIpc) is 3.46. The van der Waals surface area contributed by atoms with Gasteiger partial charge in [-0.2, -0.15) is 0 Å². The van der Waals surface area contributed by atoms with Gasteiger partial charge < -0.3 is 4.98 Å². The van der Waals surface area contributed by atoms with Crippen molar-refractivity contribution in [3.8, 4) is 28.3 Å². The number of pyridine rings is 2. The van der Waals surface area contributed by atoms with Gasteiger partial charge in [0, 0.05) is 44.6 Å². The highest BCUT2D eigenvalue weighted by Gasteiger charge is 2.21. The van der Waals surface area contributed by atoms with E-state index in [4.69, 9.17) is 4.98 Å². The Morgan fingerprint density at radius 3 is 2.21 bits per heavy atom. The molecule has 0 aliphatic carbocycles. The molecule has 0 aliphatic rings. The van der Waals surface area contributed by atoms with E-state index in [-0.39, 0.29) is 5.41 Å². The minimum absolute atomic E-state index is 0.0532. The molecule has 0 amide bonds. The number of benzene rings is 3. The van der Waals surface area contributed by atoms with Gasteiger partial charge in [0.1, 0.15) is 11.5 Å². The summed E-state index contributed by atoms with van der Waals surface area (Å²) in [6, 6.07) is 34.3. The lowest BCUT2D eigenvalue weighted by Crippen LogP contribution is -2.10. The van der Waals surface area contributed by atoms with Crippen LogP contribution in [-0.4, -0.2) is 19.5 Å². The first-order valence-corrected chi connectivity index (χ1v) is 13.4. The molecule has 0 saturated heterocycles. The zero-order valence-electron chi connectivity index (χ0n) is 22.7. The fourth-order valence-electron chi connectivity index (χ4n) is 5.62. The lowest BCUT2D eigenvalue weighted by atomic mass is 9.86. The number of aryl methyl sites for hydroxylation is 1. The molecule has 0 bridgehead atoms. The van der Waals surface area contributed by atoms with Gasteiger partial charge in [-0.05, 0) is 60.4 Å².